The molecular formula is C13H22N4. The second kappa shape index (κ2) is 5.36. The molecule has 2 heterocycles. The largest absolute Gasteiger partial charge is 0.397 e. The Labute approximate surface area is 103 Å². The molecule has 2 N–H and O–H groups in total. The smallest absolute Gasteiger partial charge is 0.128 e. The summed E-state index contributed by atoms with van der Waals surface area (Å²) in [4.78, 5) is 9.01. The van der Waals surface area contributed by atoms with E-state index < -0.39 is 0 Å². The number of nitrogens with two attached hydrogens (primary N) is 1. The molecule has 0 aliphatic carbocycles. The Balaban J connectivity index is 1.88. The van der Waals surface area contributed by atoms with Crippen LogP contribution >= 0.6 is 0 Å². The number of aromatic nitrogens is 1. The molecule has 4 heteroatoms. The number of nitrogens with zero attached hydrogens (tertiary/aromatic N) is 3. The zero-order chi connectivity index (χ0) is 12.3. The quantitative estimate of drug-likeness (QED) is 0.859. The molecule has 4 nitrogen and oxygen atoms in total. The van der Waals surface area contributed by atoms with E-state index in [-0.39, 0.29) is 0 Å². The molecule has 0 atom stereocenters. The summed E-state index contributed by atoms with van der Waals surface area (Å²) < 4.78 is 0. The number of hydrogen-bond acceptors (Lipinski definition) is 4. The predicted molar refractivity (Wildman–Crippen MR) is 72.1 cm³/mol. The van der Waals surface area contributed by atoms with Crippen LogP contribution in [0.15, 0.2) is 18.3 Å². The summed E-state index contributed by atoms with van der Waals surface area (Å²) in [6, 6.07) is 3.94. The van der Waals surface area contributed by atoms with Crippen molar-refractivity contribution in [2.45, 2.75) is 12.8 Å². The summed E-state index contributed by atoms with van der Waals surface area (Å²) in [5.41, 5.74) is 6.38. The maximum absolute atomic E-state index is 5.65. The minimum atomic E-state index is 0.733. The van der Waals surface area contributed by atoms with Gasteiger partial charge in [0, 0.05) is 19.6 Å². The first-order chi connectivity index (χ1) is 8.15. The van der Waals surface area contributed by atoms with Gasteiger partial charge in [-0.3, -0.25) is 0 Å². The molecule has 17 heavy (non-hydrogen) atoms. The van der Waals surface area contributed by atoms with Crippen LogP contribution < -0.4 is 10.6 Å². The first kappa shape index (κ1) is 12.2. The normalized spacial score (nSPS) is 17.7. The summed E-state index contributed by atoms with van der Waals surface area (Å²) in [6.45, 7) is 3.41. The van der Waals surface area contributed by atoms with E-state index in [0.29, 0.717) is 0 Å². The molecule has 2 rings (SSSR count). The molecule has 94 valence electrons. The zero-order valence-electron chi connectivity index (χ0n) is 10.8. The van der Waals surface area contributed by atoms with Crippen molar-refractivity contribution < 1.29 is 0 Å². The van der Waals surface area contributed by atoms with Gasteiger partial charge in [0.2, 0.25) is 0 Å². The van der Waals surface area contributed by atoms with Gasteiger partial charge in [-0.15, -0.1) is 0 Å². The van der Waals surface area contributed by atoms with Crippen LogP contribution in [0.2, 0.25) is 0 Å². The van der Waals surface area contributed by atoms with Crippen molar-refractivity contribution in [2.24, 2.45) is 5.92 Å². The third-order valence-corrected chi connectivity index (χ3v) is 3.33. The van der Waals surface area contributed by atoms with Crippen LogP contribution in [0, 0.1) is 5.92 Å². The molecule has 0 unspecified atom stereocenters. The highest BCUT2D eigenvalue weighted by Gasteiger charge is 2.20. The van der Waals surface area contributed by atoms with Crippen molar-refractivity contribution in [3.05, 3.63) is 18.3 Å². The van der Waals surface area contributed by atoms with E-state index in [1.807, 2.05) is 12.1 Å². The van der Waals surface area contributed by atoms with Gasteiger partial charge in [-0.1, -0.05) is 0 Å². The fraction of sp³-hybridized carbons (Fsp3) is 0.615. The molecule has 1 aromatic rings. The maximum atomic E-state index is 5.65. The van der Waals surface area contributed by atoms with E-state index in [2.05, 4.69) is 28.9 Å². The van der Waals surface area contributed by atoms with Gasteiger partial charge >= 0.3 is 0 Å². The summed E-state index contributed by atoms with van der Waals surface area (Å²) in [5.74, 6) is 1.89. The lowest BCUT2D eigenvalue weighted by molar-refractivity contribution is 0.284. The molecule has 1 aromatic heterocycles. The van der Waals surface area contributed by atoms with Crippen molar-refractivity contribution in [2.75, 3.05) is 44.4 Å². The van der Waals surface area contributed by atoms with Crippen LogP contribution in [0.1, 0.15) is 12.8 Å². The van der Waals surface area contributed by atoms with Crippen molar-refractivity contribution in [1.82, 2.24) is 9.88 Å². The first-order valence-electron chi connectivity index (χ1n) is 6.26. The minimum Gasteiger partial charge on any atom is -0.397 e. The van der Waals surface area contributed by atoms with E-state index in [1.165, 1.54) is 19.4 Å². The van der Waals surface area contributed by atoms with Gasteiger partial charge in [-0.25, -0.2) is 4.98 Å². The fourth-order valence-corrected chi connectivity index (χ4v) is 2.45. The van der Waals surface area contributed by atoms with Crippen molar-refractivity contribution >= 4 is 11.5 Å². The molecule has 0 spiro atoms. The minimum absolute atomic E-state index is 0.733. The highest BCUT2D eigenvalue weighted by atomic mass is 15.2. The number of nitrogen functional groups attached to an aromatic ring is 1. The summed E-state index contributed by atoms with van der Waals surface area (Å²) >= 11 is 0. The average Bonchev–Trinajstić information content (AvgIpc) is 2.30. The lowest BCUT2D eigenvalue weighted by atomic mass is 9.96. The van der Waals surface area contributed by atoms with Gasteiger partial charge in [-0.05, 0) is 45.0 Å². The molecular weight excluding hydrogens is 212 g/mol. The lowest BCUT2D eigenvalue weighted by Gasteiger charge is -2.33. The average molecular weight is 234 g/mol. The van der Waals surface area contributed by atoms with E-state index >= 15 is 0 Å². The van der Waals surface area contributed by atoms with Crippen molar-refractivity contribution in [3.63, 3.8) is 0 Å². The van der Waals surface area contributed by atoms with E-state index in [9.17, 15) is 0 Å². The Morgan fingerprint density at radius 2 is 2.06 bits per heavy atom. The first-order valence-corrected chi connectivity index (χ1v) is 6.26. The summed E-state index contributed by atoms with van der Waals surface area (Å²) in [6.07, 6.45) is 4.25. The maximum Gasteiger partial charge on any atom is 0.128 e. The van der Waals surface area contributed by atoms with Gasteiger partial charge < -0.3 is 15.5 Å². The van der Waals surface area contributed by atoms with E-state index in [1.54, 1.807) is 6.20 Å². The third kappa shape index (κ3) is 3.33. The molecule has 0 aromatic carbocycles. The van der Waals surface area contributed by atoms with Gasteiger partial charge in [0.1, 0.15) is 5.82 Å². The Kier molecular flexibility index (Phi) is 3.84. The van der Waals surface area contributed by atoms with Crippen LogP contribution in [0.5, 0.6) is 0 Å². The monoisotopic (exact) mass is 234 g/mol. The Bertz CT molecular complexity index is 339. The molecule has 0 saturated carbocycles. The van der Waals surface area contributed by atoms with Gasteiger partial charge in [0.15, 0.2) is 0 Å². The number of rotatable bonds is 3. The number of pyridine rings is 1. The molecule has 1 aliphatic heterocycles. The van der Waals surface area contributed by atoms with Gasteiger partial charge in [0.05, 0.1) is 11.9 Å². The lowest BCUT2D eigenvalue weighted by Crippen LogP contribution is -2.37. The van der Waals surface area contributed by atoms with Crippen LogP contribution in [0.4, 0.5) is 11.5 Å². The standard InChI is InChI=1S/C13H22N4/c1-16(2)10-11-5-7-17(8-6-11)13-4-3-12(14)9-15-13/h3-4,9,11H,5-8,10,14H2,1-2H3. The number of hydrogen-bond donors (Lipinski definition) is 1. The van der Waals surface area contributed by atoms with Gasteiger partial charge in [0.25, 0.3) is 0 Å². The second-order valence-electron chi connectivity index (χ2n) is 5.14. The van der Waals surface area contributed by atoms with Crippen LogP contribution in [-0.4, -0.2) is 43.6 Å². The number of piperidine rings is 1. The molecule has 1 aliphatic rings. The molecule has 1 fully saturated rings. The molecule has 0 amide bonds. The highest BCUT2D eigenvalue weighted by molar-refractivity contribution is 5.45. The summed E-state index contributed by atoms with van der Waals surface area (Å²) in [5, 5.41) is 0. The van der Waals surface area contributed by atoms with Crippen LogP contribution in [-0.2, 0) is 0 Å². The fourth-order valence-electron chi connectivity index (χ4n) is 2.45. The molecule has 1 saturated heterocycles. The third-order valence-electron chi connectivity index (χ3n) is 3.33. The topological polar surface area (TPSA) is 45.4 Å². The predicted octanol–water partition coefficient (Wildman–Crippen LogP) is 1.44. The van der Waals surface area contributed by atoms with Crippen LogP contribution in [0.3, 0.4) is 0 Å². The molecule has 0 bridgehead atoms. The number of anilines is 2. The SMILES string of the molecule is CN(C)CC1CCN(c2ccc(N)cn2)CC1. The van der Waals surface area contributed by atoms with Crippen molar-refractivity contribution in [1.29, 1.82) is 0 Å². The zero-order valence-corrected chi connectivity index (χ0v) is 10.8. The van der Waals surface area contributed by atoms with Gasteiger partial charge in [-0.2, -0.15) is 0 Å². The van der Waals surface area contributed by atoms with E-state index in [0.717, 1.165) is 30.5 Å². The Hall–Kier alpha value is -1.29. The highest BCUT2D eigenvalue weighted by Crippen LogP contribution is 2.22. The Morgan fingerprint density at radius 3 is 2.59 bits per heavy atom. The summed E-state index contributed by atoms with van der Waals surface area (Å²) in [7, 11) is 4.29. The Morgan fingerprint density at radius 1 is 1.35 bits per heavy atom. The van der Waals surface area contributed by atoms with Crippen LogP contribution in [0.25, 0.3) is 0 Å². The second-order valence-corrected chi connectivity index (χ2v) is 5.14. The van der Waals surface area contributed by atoms with Crippen molar-refractivity contribution in [3.8, 4) is 0 Å². The molecule has 0 radical (unpaired) electrons. The van der Waals surface area contributed by atoms with E-state index in [4.69, 9.17) is 5.73 Å².